The van der Waals surface area contributed by atoms with Gasteiger partial charge in [0.1, 0.15) is 0 Å². The van der Waals surface area contributed by atoms with Crippen molar-refractivity contribution in [2.75, 3.05) is 13.1 Å². The minimum Gasteiger partial charge on any atom is -0.390 e. The molecule has 0 radical (unpaired) electrons. The zero-order chi connectivity index (χ0) is 11.0. The molecule has 82 valence electrons. The van der Waals surface area contributed by atoms with Gasteiger partial charge in [0.25, 0.3) is 0 Å². The average molecular weight is 211 g/mol. The van der Waals surface area contributed by atoms with Crippen LogP contribution in [-0.4, -0.2) is 40.8 Å². The zero-order valence-electron chi connectivity index (χ0n) is 7.76. The van der Waals surface area contributed by atoms with Gasteiger partial charge in [-0.3, -0.25) is 4.79 Å². The molecule has 14 heavy (non-hydrogen) atoms. The first-order valence-corrected chi connectivity index (χ1v) is 4.31. The SMILES string of the molecule is CC1(O)CCN(C(=O)C(F)(F)F)CC1. The van der Waals surface area contributed by atoms with E-state index in [4.69, 9.17) is 0 Å². The van der Waals surface area contributed by atoms with Crippen LogP contribution in [0.4, 0.5) is 13.2 Å². The second-order valence-electron chi connectivity index (χ2n) is 3.79. The number of piperidine rings is 1. The number of hydrogen-bond donors (Lipinski definition) is 1. The first-order valence-electron chi connectivity index (χ1n) is 4.31. The van der Waals surface area contributed by atoms with Crippen molar-refractivity contribution in [3.63, 3.8) is 0 Å². The maximum atomic E-state index is 12.0. The molecule has 3 nitrogen and oxygen atoms in total. The van der Waals surface area contributed by atoms with Crippen molar-refractivity contribution in [2.45, 2.75) is 31.5 Å². The lowest BCUT2D eigenvalue weighted by molar-refractivity contribution is -0.188. The van der Waals surface area contributed by atoms with Crippen molar-refractivity contribution in [2.24, 2.45) is 0 Å². The van der Waals surface area contributed by atoms with Crippen LogP contribution in [0.5, 0.6) is 0 Å². The fourth-order valence-electron chi connectivity index (χ4n) is 1.37. The number of amides is 1. The molecule has 1 N–H and O–H groups in total. The number of alkyl halides is 3. The van der Waals surface area contributed by atoms with Gasteiger partial charge in [-0.15, -0.1) is 0 Å². The minimum atomic E-state index is -4.80. The van der Waals surface area contributed by atoms with Crippen LogP contribution in [-0.2, 0) is 4.79 Å². The summed E-state index contributed by atoms with van der Waals surface area (Å²) in [6.45, 7) is 1.49. The molecule has 0 aromatic heterocycles. The Morgan fingerprint density at radius 3 is 2.14 bits per heavy atom. The Hall–Kier alpha value is -0.780. The van der Waals surface area contributed by atoms with Crippen LogP contribution in [0.15, 0.2) is 0 Å². The van der Waals surface area contributed by atoms with E-state index < -0.39 is 17.7 Å². The van der Waals surface area contributed by atoms with Crippen LogP contribution < -0.4 is 0 Å². The number of carbonyl (C=O) groups is 1. The van der Waals surface area contributed by atoms with Crippen molar-refractivity contribution in [1.82, 2.24) is 4.90 Å². The highest BCUT2D eigenvalue weighted by atomic mass is 19.4. The molecule has 0 saturated carbocycles. The third-order valence-corrected chi connectivity index (χ3v) is 2.37. The highest BCUT2D eigenvalue weighted by Crippen LogP contribution is 2.25. The number of aliphatic hydroxyl groups is 1. The number of likely N-dealkylation sites (tertiary alicyclic amines) is 1. The van der Waals surface area contributed by atoms with Gasteiger partial charge in [0.05, 0.1) is 5.60 Å². The quantitative estimate of drug-likeness (QED) is 0.647. The summed E-state index contributed by atoms with van der Waals surface area (Å²) in [6, 6.07) is 0. The summed E-state index contributed by atoms with van der Waals surface area (Å²) < 4.78 is 35.9. The Morgan fingerprint density at radius 1 is 1.36 bits per heavy atom. The molecule has 1 saturated heterocycles. The third kappa shape index (κ3) is 2.60. The van der Waals surface area contributed by atoms with Crippen molar-refractivity contribution < 1.29 is 23.1 Å². The summed E-state index contributed by atoms with van der Waals surface area (Å²) in [5.41, 5.74) is -0.942. The van der Waals surface area contributed by atoms with Crippen LogP contribution in [0.25, 0.3) is 0 Å². The molecule has 1 amide bonds. The molecule has 6 heteroatoms. The lowest BCUT2D eigenvalue weighted by Gasteiger charge is -2.35. The molecule has 1 aliphatic heterocycles. The Morgan fingerprint density at radius 2 is 1.79 bits per heavy atom. The average Bonchev–Trinajstić information content (AvgIpc) is 2.01. The predicted molar refractivity (Wildman–Crippen MR) is 42.5 cm³/mol. The maximum absolute atomic E-state index is 12.0. The van der Waals surface area contributed by atoms with Gasteiger partial charge < -0.3 is 10.0 Å². The van der Waals surface area contributed by atoms with Gasteiger partial charge in [-0.1, -0.05) is 0 Å². The summed E-state index contributed by atoms with van der Waals surface area (Å²) in [5.74, 6) is -1.81. The zero-order valence-corrected chi connectivity index (χ0v) is 7.76. The van der Waals surface area contributed by atoms with E-state index in [9.17, 15) is 23.1 Å². The van der Waals surface area contributed by atoms with Crippen molar-refractivity contribution in [3.8, 4) is 0 Å². The van der Waals surface area contributed by atoms with Gasteiger partial charge in [-0.05, 0) is 19.8 Å². The van der Waals surface area contributed by atoms with Gasteiger partial charge in [0.15, 0.2) is 0 Å². The number of nitrogens with zero attached hydrogens (tertiary/aromatic N) is 1. The van der Waals surface area contributed by atoms with Crippen molar-refractivity contribution >= 4 is 5.91 Å². The summed E-state index contributed by atoms with van der Waals surface area (Å²) in [7, 11) is 0. The lowest BCUT2D eigenvalue weighted by Crippen LogP contribution is -2.49. The number of halogens is 3. The van der Waals surface area contributed by atoms with E-state index in [0.717, 1.165) is 4.90 Å². The van der Waals surface area contributed by atoms with Gasteiger partial charge in [-0.2, -0.15) is 13.2 Å². The second kappa shape index (κ2) is 3.42. The van der Waals surface area contributed by atoms with Crippen molar-refractivity contribution in [1.29, 1.82) is 0 Å². The van der Waals surface area contributed by atoms with Gasteiger partial charge >= 0.3 is 12.1 Å². The molecule has 0 atom stereocenters. The summed E-state index contributed by atoms with van der Waals surface area (Å²) >= 11 is 0. The highest BCUT2D eigenvalue weighted by molar-refractivity contribution is 5.81. The first-order chi connectivity index (χ1) is 6.22. The van der Waals surface area contributed by atoms with E-state index >= 15 is 0 Å². The molecule has 1 aliphatic rings. The number of hydrogen-bond acceptors (Lipinski definition) is 2. The van der Waals surface area contributed by atoms with Gasteiger partial charge in [0, 0.05) is 13.1 Å². The van der Waals surface area contributed by atoms with E-state index in [1.165, 1.54) is 0 Å². The van der Waals surface area contributed by atoms with E-state index in [1.54, 1.807) is 6.92 Å². The topological polar surface area (TPSA) is 40.5 Å². The number of carbonyl (C=O) groups excluding carboxylic acids is 1. The van der Waals surface area contributed by atoms with E-state index in [0.29, 0.717) is 0 Å². The molecule has 1 heterocycles. The Balaban J connectivity index is 2.55. The maximum Gasteiger partial charge on any atom is 0.471 e. The monoisotopic (exact) mass is 211 g/mol. The predicted octanol–water partition coefficient (Wildman–Crippen LogP) is 0.922. The van der Waals surface area contributed by atoms with Gasteiger partial charge in [0.2, 0.25) is 0 Å². The lowest BCUT2D eigenvalue weighted by atomic mass is 9.94. The Kier molecular flexibility index (Phi) is 2.76. The number of rotatable bonds is 0. The normalized spacial score (nSPS) is 22.2. The molecule has 1 fully saturated rings. The van der Waals surface area contributed by atoms with Crippen LogP contribution >= 0.6 is 0 Å². The van der Waals surface area contributed by atoms with Crippen LogP contribution in [0, 0.1) is 0 Å². The van der Waals surface area contributed by atoms with Crippen LogP contribution in [0.3, 0.4) is 0 Å². The van der Waals surface area contributed by atoms with Gasteiger partial charge in [-0.25, -0.2) is 0 Å². The fraction of sp³-hybridized carbons (Fsp3) is 0.875. The molecule has 0 aromatic rings. The molecule has 0 aromatic carbocycles. The fourth-order valence-corrected chi connectivity index (χ4v) is 1.37. The Bertz CT molecular complexity index is 227. The summed E-state index contributed by atoms with van der Waals surface area (Å²) in [6.07, 6.45) is -4.42. The largest absolute Gasteiger partial charge is 0.471 e. The molecule has 0 aliphatic carbocycles. The van der Waals surface area contributed by atoms with Crippen LogP contribution in [0.2, 0.25) is 0 Å². The highest BCUT2D eigenvalue weighted by Gasteiger charge is 2.44. The molecule has 0 bridgehead atoms. The van der Waals surface area contributed by atoms with Crippen molar-refractivity contribution in [3.05, 3.63) is 0 Å². The molecule has 0 spiro atoms. The smallest absolute Gasteiger partial charge is 0.390 e. The second-order valence-corrected chi connectivity index (χ2v) is 3.79. The molecule has 1 rings (SSSR count). The minimum absolute atomic E-state index is 0.0364. The third-order valence-electron chi connectivity index (χ3n) is 2.37. The van der Waals surface area contributed by atoms with Crippen LogP contribution in [0.1, 0.15) is 19.8 Å². The first kappa shape index (κ1) is 11.3. The summed E-state index contributed by atoms with van der Waals surface area (Å²) in [4.78, 5) is 11.5. The molecular weight excluding hydrogens is 199 g/mol. The van der Waals surface area contributed by atoms with E-state index in [-0.39, 0.29) is 25.9 Å². The van der Waals surface area contributed by atoms with E-state index in [1.807, 2.05) is 0 Å². The summed E-state index contributed by atoms with van der Waals surface area (Å²) in [5, 5.41) is 9.46. The molecule has 0 unspecified atom stereocenters. The standard InChI is InChI=1S/C8H12F3NO2/c1-7(14)2-4-12(5-3-7)6(13)8(9,10)11/h14H,2-5H2,1H3. The molecular formula is C8H12F3NO2. The van der Waals surface area contributed by atoms with E-state index in [2.05, 4.69) is 0 Å². The Labute approximate surface area is 79.5 Å².